The van der Waals surface area contributed by atoms with Gasteiger partial charge in [0, 0.05) is 38.7 Å². The molecule has 0 bridgehead atoms. The van der Waals surface area contributed by atoms with Crippen LogP contribution in [0.4, 0.5) is 5.69 Å². The van der Waals surface area contributed by atoms with Gasteiger partial charge in [0.15, 0.2) is 0 Å². The molecule has 1 aromatic rings. The Bertz CT molecular complexity index is 546. The maximum atomic E-state index is 11.8. The van der Waals surface area contributed by atoms with Crippen molar-refractivity contribution >= 4 is 29.1 Å². The predicted molar refractivity (Wildman–Crippen MR) is 73.8 cm³/mol. The van der Waals surface area contributed by atoms with Gasteiger partial charge >= 0.3 is 0 Å². The fourth-order valence-electron chi connectivity index (χ4n) is 1.40. The Morgan fingerprint density at radius 3 is 2.55 bits per heavy atom. The fourth-order valence-corrected chi connectivity index (χ4v) is 1.65. The monoisotopic (exact) mass is 299 g/mol. The van der Waals surface area contributed by atoms with Crippen molar-refractivity contribution in [1.82, 2.24) is 10.2 Å². The third kappa shape index (κ3) is 4.20. The van der Waals surface area contributed by atoms with E-state index >= 15 is 0 Å². The van der Waals surface area contributed by atoms with E-state index < -0.39 is 10.8 Å². The second-order valence-corrected chi connectivity index (χ2v) is 4.62. The number of amides is 2. The van der Waals surface area contributed by atoms with E-state index in [1.54, 1.807) is 14.1 Å². The van der Waals surface area contributed by atoms with E-state index in [0.29, 0.717) is 0 Å². The van der Waals surface area contributed by atoms with Crippen molar-refractivity contribution in [2.75, 3.05) is 20.6 Å². The van der Waals surface area contributed by atoms with E-state index in [0.717, 1.165) is 0 Å². The lowest BCUT2D eigenvalue weighted by Gasteiger charge is -2.10. The minimum absolute atomic E-state index is 0.105. The topological polar surface area (TPSA) is 92.6 Å². The summed E-state index contributed by atoms with van der Waals surface area (Å²) in [6.07, 6.45) is 0.180. The van der Waals surface area contributed by atoms with Gasteiger partial charge in [-0.15, -0.1) is 0 Å². The third-order valence-electron chi connectivity index (χ3n) is 2.53. The molecular formula is C12H14ClN3O4. The van der Waals surface area contributed by atoms with Crippen molar-refractivity contribution in [1.29, 1.82) is 0 Å². The summed E-state index contributed by atoms with van der Waals surface area (Å²) in [4.78, 5) is 34.5. The highest BCUT2D eigenvalue weighted by atomic mass is 35.5. The van der Waals surface area contributed by atoms with Crippen LogP contribution < -0.4 is 5.32 Å². The minimum Gasteiger partial charge on any atom is -0.352 e. The molecule has 20 heavy (non-hydrogen) atoms. The second kappa shape index (κ2) is 6.85. The normalized spacial score (nSPS) is 9.95. The summed E-state index contributed by atoms with van der Waals surface area (Å²) in [6.45, 7) is 0.185. The summed E-state index contributed by atoms with van der Waals surface area (Å²) < 4.78 is 0. The predicted octanol–water partition coefficient (Wildman–Crippen LogP) is 1.46. The Morgan fingerprint density at radius 1 is 1.40 bits per heavy atom. The molecule has 0 aliphatic carbocycles. The number of nitro groups is 1. The molecule has 0 radical (unpaired) electrons. The van der Waals surface area contributed by atoms with Crippen molar-refractivity contribution < 1.29 is 14.5 Å². The largest absolute Gasteiger partial charge is 0.352 e. The SMILES string of the molecule is CN(C)C(=O)CCNC(=O)c1ccc([N+](=O)[O-])c(Cl)c1. The molecule has 1 rings (SSSR count). The Hall–Kier alpha value is -2.15. The molecule has 1 N–H and O–H groups in total. The van der Waals surface area contributed by atoms with Crippen LogP contribution in [0, 0.1) is 10.1 Å². The number of nitrogens with zero attached hydrogens (tertiary/aromatic N) is 2. The molecule has 0 spiro atoms. The first-order chi connectivity index (χ1) is 9.32. The Balaban J connectivity index is 2.63. The number of nitro benzene ring substituents is 1. The Labute approximate surface area is 120 Å². The van der Waals surface area contributed by atoms with Gasteiger partial charge in [-0.05, 0) is 12.1 Å². The standard InChI is InChI=1S/C12H14ClN3O4/c1-15(2)11(17)5-6-14-12(18)8-3-4-10(16(19)20)9(13)7-8/h3-4,7H,5-6H2,1-2H3,(H,14,18). The fraction of sp³-hybridized carbons (Fsp3) is 0.333. The molecule has 0 unspecified atom stereocenters. The van der Waals surface area contributed by atoms with Gasteiger partial charge in [-0.2, -0.15) is 0 Å². The summed E-state index contributed by atoms with van der Waals surface area (Å²) in [5, 5.41) is 13.0. The number of halogens is 1. The van der Waals surface area contributed by atoms with Crippen LogP contribution in [-0.4, -0.2) is 42.3 Å². The molecule has 0 aromatic heterocycles. The maximum absolute atomic E-state index is 11.8. The van der Waals surface area contributed by atoms with Gasteiger partial charge in [0.25, 0.3) is 11.6 Å². The van der Waals surface area contributed by atoms with Crippen molar-refractivity contribution in [2.24, 2.45) is 0 Å². The highest BCUT2D eigenvalue weighted by Crippen LogP contribution is 2.24. The van der Waals surface area contributed by atoms with Crippen LogP contribution in [0.5, 0.6) is 0 Å². The Kier molecular flexibility index (Phi) is 5.45. The summed E-state index contributed by atoms with van der Waals surface area (Å²) in [5.41, 5.74) is -0.0519. The number of hydrogen-bond donors (Lipinski definition) is 1. The van der Waals surface area contributed by atoms with Crippen molar-refractivity contribution in [3.8, 4) is 0 Å². The van der Waals surface area contributed by atoms with Crippen LogP contribution in [-0.2, 0) is 4.79 Å². The van der Waals surface area contributed by atoms with E-state index in [2.05, 4.69) is 5.32 Å². The molecule has 0 saturated heterocycles. The minimum atomic E-state index is -0.625. The first-order valence-corrected chi connectivity index (χ1v) is 6.13. The van der Waals surface area contributed by atoms with E-state index in [-0.39, 0.29) is 35.1 Å². The lowest BCUT2D eigenvalue weighted by molar-refractivity contribution is -0.384. The molecule has 0 atom stereocenters. The third-order valence-corrected chi connectivity index (χ3v) is 2.83. The van der Waals surface area contributed by atoms with E-state index in [1.807, 2.05) is 0 Å². The van der Waals surface area contributed by atoms with Crippen LogP contribution >= 0.6 is 11.6 Å². The molecule has 0 aliphatic heterocycles. The zero-order valence-electron chi connectivity index (χ0n) is 11.1. The zero-order valence-corrected chi connectivity index (χ0v) is 11.8. The molecule has 2 amide bonds. The van der Waals surface area contributed by atoms with Crippen LogP contribution in [0.2, 0.25) is 5.02 Å². The number of rotatable bonds is 5. The first-order valence-electron chi connectivity index (χ1n) is 5.75. The highest BCUT2D eigenvalue weighted by molar-refractivity contribution is 6.33. The lowest BCUT2D eigenvalue weighted by atomic mass is 10.2. The van der Waals surface area contributed by atoms with Crippen LogP contribution in [0.1, 0.15) is 16.8 Å². The van der Waals surface area contributed by atoms with Gasteiger partial charge in [0.2, 0.25) is 5.91 Å². The van der Waals surface area contributed by atoms with E-state index in [1.165, 1.54) is 23.1 Å². The van der Waals surface area contributed by atoms with Gasteiger partial charge in [0.05, 0.1) is 4.92 Å². The van der Waals surface area contributed by atoms with Gasteiger partial charge in [-0.3, -0.25) is 19.7 Å². The smallest absolute Gasteiger partial charge is 0.287 e. The maximum Gasteiger partial charge on any atom is 0.287 e. The zero-order chi connectivity index (χ0) is 15.3. The average Bonchev–Trinajstić information content (AvgIpc) is 2.37. The van der Waals surface area contributed by atoms with Gasteiger partial charge in [-0.1, -0.05) is 11.6 Å². The molecular weight excluding hydrogens is 286 g/mol. The van der Waals surface area contributed by atoms with E-state index in [9.17, 15) is 19.7 Å². The molecule has 1 aromatic carbocycles. The Morgan fingerprint density at radius 2 is 2.05 bits per heavy atom. The van der Waals surface area contributed by atoms with Crippen LogP contribution in [0.15, 0.2) is 18.2 Å². The van der Waals surface area contributed by atoms with Crippen LogP contribution in [0.25, 0.3) is 0 Å². The molecule has 0 saturated carbocycles. The van der Waals surface area contributed by atoms with Gasteiger partial charge < -0.3 is 10.2 Å². The van der Waals surface area contributed by atoms with Crippen LogP contribution in [0.3, 0.4) is 0 Å². The number of nitrogens with one attached hydrogen (secondary N) is 1. The molecule has 0 fully saturated rings. The average molecular weight is 300 g/mol. The molecule has 8 heteroatoms. The van der Waals surface area contributed by atoms with Gasteiger partial charge in [-0.25, -0.2) is 0 Å². The van der Waals surface area contributed by atoms with E-state index in [4.69, 9.17) is 11.6 Å². The van der Waals surface area contributed by atoms with Gasteiger partial charge in [0.1, 0.15) is 5.02 Å². The van der Waals surface area contributed by atoms with Crippen molar-refractivity contribution in [3.63, 3.8) is 0 Å². The quantitative estimate of drug-likeness (QED) is 0.658. The van der Waals surface area contributed by atoms with Crippen molar-refractivity contribution in [3.05, 3.63) is 38.9 Å². The summed E-state index contributed by atoms with van der Waals surface area (Å²) in [5.74, 6) is -0.541. The summed E-state index contributed by atoms with van der Waals surface area (Å²) in [6, 6.07) is 3.71. The number of carbonyl (C=O) groups is 2. The number of carbonyl (C=O) groups excluding carboxylic acids is 2. The first kappa shape index (κ1) is 15.9. The number of benzene rings is 1. The highest BCUT2D eigenvalue weighted by Gasteiger charge is 2.15. The summed E-state index contributed by atoms with van der Waals surface area (Å²) in [7, 11) is 3.25. The molecule has 0 aliphatic rings. The number of hydrogen-bond acceptors (Lipinski definition) is 4. The molecule has 7 nitrogen and oxygen atoms in total. The second-order valence-electron chi connectivity index (χ2n) is 4.22. The summed E-state index contributed by atoms with van der Waals surface area (Å²) >= 11 is 5.71. The van der Waals surface area contributed by atoms with Crippen molar-refractivity contribution in [2.45, 2.75) is 6.42 Å². The molecule has 108 valence electrons. The lowest BCUT2D eigenvalue weighted by Crippen LogP contribution is -2.30. The molecule has 0 heterocycles.